The normalized spacial score (nSPS) is 20.1. The fourth-order valence-corrected chi connectivity index (χ4v) is 2.02. The maximum Gasteiger partial charge on any atom is 0.163 e. The molecule has 0 saturated carbocycles. The van der Waals surface area contributed by atoms with Crippen LogP contribution in [0, 0.1) is 0 Å². The summed E-state index contributed by atoms with van der Waals surface area (Å²) >= 11 is 0. The molecule has 0 aliphatic carbocycles. The van der Waals surface area contributed by atoms with Crippen molar-refractivity contribution in [3.63, 3.8) is 0 Å². The van der Waals surface area contributed by atoms with E-state index in [4.69, 9.17) is 0 Å². The Morgan fingerprint density at radius 1 is 1.27 bits per heavy atom. The predicted molar refractivity (Wildman–Crippen MR) is 64.6 cm³/mol. The van der Waals surface area contributed by atoms with Crippen molar-refractivity contribution in [1.82, 2.24) is 0 Å². The molecule has 1 aromatic rings. The Morgan fingerprint density at radius 2 is 2.07 bits per heavy atom. The van der Waals surface area contributed by atoms with Crippen molar-refractivity contribution in [3.05, 3.63) is 48.0 Å². The van der Waals surface area contributed by atoms with Gasteiger partial charge in [-0.05, 0) is 18.1 Å². The third kappa shape index (κ3) is 2.79. The third-order valence-corrected chi connectivity index (χ3v) is 3.05. The molecule has 1 aliphatic heterocycles. The van der Waals surface area contributed by atoms with Gasteiger partial charge in [-0.15, -0.1) is 0 Å². The third-order valence-electron chi connectivity index (χ3n) is 3.05. The van der Waals surface area contributed by atoms with Gasteiger partial charge in [-0.1, -0.05) is 36.4 Å². The summed E-state index contributed by atoms with van der Waals surface area (Å²) in [4.78, 5) is 0. The summed E-state index contributed by atoms with van der Waals surface area (Å²) in [5.41, 5.74) is 1.44. The molecule has 0 aromatic heterocycles. The van der Waals surface area contributed by atoms with Gasteiger partial charge in [0.05, 0.1) is 0 Å². The Bertz CT molecular complexity index is 362. The van der Waals surface area contributed by atoms with Crippen molar-refractivity contribution >= 4 is 6.21 Å². The van der Waals surface area contributed by atoms with Gasteiger partial charge in [0, 0.05) is 12.8 Å². The maximum absolute atomic E-state index is 2.32. The predicted octanol–water partition coefficient (Wildman–Crippen LogP) is 2.66. The first-order chi connectivity index (χ1) is 7.36. The van der Waals surface area contributed by atoms with Gasteiger partial charge in [0.25, 0.3) is 0 Å². The van der Waals surface area contributed by atoms with Gasteiger partial charge in [-0.25, -0.2) is 4.58 Å². The zero-order valence-corrected chi connectivity index (χ0v) is 9.26. The van der Waals surface area contributed by atoms with Crippen LogP contribution in [0.15, 0.2) is 42.5 Å². The second kappa shape index (κ2) is 4.92. The average Bonchev–Trinajstić information content (AvgIpc) is 2.29. The highest BCUT2D eigenvalue weighted by molar-refractivity contribution is 5.66. The van der Waals surface area contributed by atoms with E-state index in [1.54, 1.807) is 0 Å². The number of hydrogen-bond acceptors (Lipinski definition) is 0. The molecule has 0 amide bonds. The minimum absolute atomic E-state index is 0.676. The topological polar surface area (TPSA) is 3.01 Å². The van der Waals surface area contributed by atoms with E-state index in [1.807, 2.05) is 0 Å². The van der Waals surface area contributed by atoms with Crippen LogP contribution >= 0.6 is 0 Å². The second-order valence-corrected chi connectivity index (χ2v) is 4.16. The van der Waals surface area contributed by atoms with Crippen LogP contribution in [-0.2, 0) is 6.42 Å². The summed E-state index contributed by atoms with van der Waals surface area (Å²) in [5, 5.41) is 0. The lowest BCUT2D eigenvalue weighted by atomic mass is 10.0. The molecule has 0 unspecified atom stereocenters. The van der Waals surface area contributed by atoms with Crippen LogP contribution in [0.3, 0.4) is 0 Å². The monoisotopic (exact) mass is 200 g/mol. The van der Waals surface area contributed by atoms with Crippen LogP contribution in [-0.4, -0.2) is 23.9 Å². The molecule has 15 heavy (non-hydrogen) atoms. The number of aryl methyl sites for hydroxylation is 1. The Hall–Kier alpha value is -1.37. The number of hydrogen-bond donors (Lipinski definition) is 0. The van der Waals surface area contributed by atoms with Crippen molar-refractivity contribution in [2.24, 2.45) is 0 Å². The van der Waals surface area contributed by atoms with Crippen molar-refractivity contribution in [2.45, 2.75) is 25.3 Å². The Balaban J connectivity index is 1.89. The van der Waals surface area contributed by atoms with Crippen molar-refractivity contribution in [1.29, 1.82) is 0 Å². The SMILES string of the molecule is C[N+]1=CC=CC[C@@H]1CCc1ccccc1. The second-order valence-electron chi connectivity index (χ2n) is 4.16. The molecular formula is C14H18N+. The summed E-state index contributed by atoms with van der Waals surface area (Å²) < 4.78 is 2.32. The van der Waals surface area contributed by atoms with E-state index in [-0.39, 0.29) is 0 Å². The van der Waals surface area contributed by atoms with Crippen LogP contribution in [0.2, 0.25) is 0 Å². The van der Waals surface area contributed by atoms with E-state index < -0.39 is 0 Å². The largest absolute Gasteiger partial charge is 0.236 e. The van der Waals surface area contributed by atoms with E-state index >= 15 is 0 Å². The van der Waals surface area contributed by atoms with Gasteiger partial charge in [0.15, 0.2) is 12.3 Å². The van der Waals surface area contributed by atoms with Gasteiger partial charge in [0.1, 0.15) is 7.05 Å². The molecule has 1 aliphatic rings. The lowest BCUT2D eigenvalue weighted by Gasteiger charge is -2.13. The summed E-state index contributed by atoms with van der Waals surface area (Å²) in [7, 11) is 2.17. The summed E-state index contributed by atoms with van der Waals surface area (Å²) in [6.45, 7) is 0. The summed E-state index contributed by atoms with van der Waals surface area (Å²) in [5.74, 6) is 0. The fraction of sp³-hybridized carbons (Fsp3) is 0.357. The molecule has 78 valence electrons. The quantitative estimate of drug-likeness (QED) is 0.660. The molecule has 0 radical (unpaired) electrons. The Morgan fingerprint density at radius 3 is 2.80 bits per heavy atom. The Kier molecular flexibility index (Phi) is 3.33. The molecule has 2 rings (SSSR count). The van der Waals surface area contributed by atoms with E-state index in [0.29, 0.717) is 6.04 Å². The van der Waals surface area contributed by atoms with Crippen LogP contribution in [0.5, 0.6) is 0 Å². The molecule has 1 nitrogen and oxygen atoms in total. The first kappa shape index (κ1) is 10.2. The molecule has 1 heterocycles. The highest BCUT2D eigenvalue weighted by atomic mass is 15.0. The summed E-state index contributed by atoms with van der Waals surface area (Å²) in [6, 6.07) is 11.4. The molecule has 0 bridgehead atoms. The smallest absolute Gasteiger partial charge is 0.163 e. The molecule has 0 saturated heterocycles. The van der Waals surface area contributed by atoms with Crippen molar-refractivity contribution in [2.75, 3.05) is 7.05 Å². The first-order valence-electron chi connectivity index (χ1n) is 5.62. The number of rotatable bonds is 3. The zero-order chi connectivity index (χ0) is 10.5. The van der Waals surface area contributed by atoms with Gasteiger partial charge in [-0.2, -0.15) is 0 Å². The van der Waals surface area contributed by atoms with Gasteiger partial charge >= 0.3 is 0 Å². The van der Waals surface area contributed by atoms with Crippen LogP contribution in [0.1, 0.15) is 18.4 Å². The van der Waals surface area contributed by atoms with E-state index in [0.717, 1.165) is 0 Å². The minimum Gasteiger partial charge on any atom is -0.236 e. The Labute approximate surface area is 91.8 Å². The zero-order valence-electron chi connectivity index (χ0n) is 9.26. The van der Waals surface area contributed by atoms with Gasteiger partial charge in [0.2, 0.25) is 0 Å². The first-order valence-corrected chi connectivity index (χ1v) is 5.62. The molecule has 0 spiro atoms. The number of allylic oxidation sites excluding steroid dienone is 1. The number of nitrogens with zero attached hydrogens (tertiary/aromatic N) is 1. The van der Waals surface area contributed by atoms with Crippen LogP contribution in [0.25, 0.3) is 0 Å². The van der Waals surface area contributed by atoms with Crippen LogP contribution < -0.4 is 0 Å². The number of benzene rings is 1. The molecule has 0 N–H and O–H groups in total. The minimum atomic E-state index is 0.676. The molecular weight excluding hydrogens is 182 g/mol. The molecule has 1 aromatic carbocycles. The van der Waals surface area contributed by atoms with E-state index in [2.05, 4.69) is 60.3 Å². The molecule has 1 heteroatoms. The van der Waals surface area contributed by atoms with Gasteiger partial charge in [-0.3, -0.25) is 0 Å². The molecule has 0 fully saturated rings. The lowest BCUT2D eigenvalue weighted by molar-refractivity contribution is -0.534. The summed E-state index contributed by atoms with van der Waals surface area (Å²) in [6.07, 6.45) is 10.2. The fourth-order valence-electron chi connectivity index (χ4n) is 2.02. The maximum atomic E-state index is 2.32. The highest BCUT2D eigenvalue weighted by Gasteiger charge is 2.17. The van der Waals surface area contributed by atoms with E-state index in [9.17, 15) is 0 Å². The highest BCUT2D eigenvalue weighted by Crippen LogP contribution is 2.11. The standard InChI is InChI=1S/C14H18N/c1-15-12-6-5-9-14(15)11-10-13-7-3-2-4-8-13/h2-8,12,14H,9-11H2,1H3/q+1/t14-/m1/s1. The van der Waals surface area contributed by atoms with Crippen molar-refractivity contribution < 1.29 is 4.58 Å². The van der Waals surface area contributed by atoms with Crippen molar-refractivity contribution in [3.8, 4) is 0 Å². The average molecular weight is 200 g/mol. The van der Waals surface area contributed by atoms with Gasteiger partial charge < -0.3 is 0 Å². The lowest BCUT2D eigenvalue weighted by Crippen LogP contribution is -2.25. The van der Waals surface area contributed by atoms with E-state index in [1.165, 1.54) is 24.8 Å². The molecule has 1 atom stereocenters. The van der Waals surface area contributed by atoms with Crippen LogP contribution in [0.4, 0.5) is 0 Å².